The molecule has 6 heteroatoms. The molecule has 0 aliphatic carbocycles. The molecular weight excluding hydrogens is 288 g/mol. The van der Waals surface area contributed by atoms with Crippen LogP contribution in [0.3, 0.4) is 0 Å². The molecule has 0 aromatic carbocycles. The van der Waals surface area contributed by atoms with Crippen LogP contribution in [0.25, 0.3) is 0 Å². The highest BCUT2D eigenvalue weighted by Gasteiger charge is 2.21. The molecule has 23 heavy (non-hydrogen) atoms. The molecule has 1 fully saturated rings. The number of anilines is 2. The number of pyridine rings is 1. The van der Waals surface area contributed by atoms with E-state index in [4.69, 9.17) is 5.26 Å². The molecule has 0 radical (unpaired) electrons. The molecule has 118 valence electrons. The zero-order valence-corrected chi connectivity index (χ0v) is 13.5. The highest BCUT2D eigenvalue weighted by Crippen LogP contribution is 2.22. The maximum atomic E-state index is 8.98. The van der Waals surface area contributed by atoms with Crippen LogP contribution in [0.2, 0.25) is 0 Å². The van der Waals surface area contributed by atoms with Crippen LogP contribution in [-0.4, -0.2) is 41.1 Å². The van der Waals surface area contributed by atoms with Gasteiger partial charge in [-0.15, -0.1) is 0 Å². The quantitative estimate of drug-likeness (QED) is 0.863. The molecule has 1 aliphatic rings. The molecule has 1 aliphatic heterocycles. The molecule has 0 spiro atoms. The average Bonchev–Trinajstić information content (AvgIpc) is 2.61. The molecule has 0 amide bonds. The Bertz CT molecular complexity index is 728. The number of piperazine rings is 1. The van der Waals surface area contributed by atoms with Crippen molar-refractivity contribution in [3.8, 4) is 6.07 Å². The minimum Gasteiger partial charge on any atom is -0.353 e. The summed E-state index contributed by atoms with van der Waals surface area (Å²) >= 11 is 0. The summed E-state index contributed by atoms with van der Waals surface area (Å²) in [6.45, 7) is 7.70. The first-order valence-electron chi connectivity index (χ1n) is 7.90. The second kappa shape index (κ2) is 6.61. The van der Waals surface area contributed by atoms with Crippen LogP contribution in [0.4, 0.5) is 11.6 Å². The highest BCUT2D eigenvalue weighted by atomic mass is 15.3. The lowest BCUT2D eigenvalue weighted by atomic mass is 10.1. The minimum atomic E-state index is 0.463. The van der Waals surface area contributed by atoms with Crippen LogP contribution >= 0.6 is 0 Å². The summed E-state index contributed by atoms with van der Waals surface area (Å²) in [6.07, 6.45) is 2.59. The number of hydrogen-bond donors (Lipinski definition) is 0. The van der Waals surface area contributed by atoms with Gasteiger partial charge in [0.15, 0.2) is 0 Å². The lowest BCUT2D eigenvalue weighted by Gasteiger charge is -2.36. The Hall–Kier alpha value is -2.68. The van der Waals surface area contributed by atoms with Gasteiger partial charge in [0, 0.05) is 37.4 Å². The third kappa shape index (κ3) is 3.09. The average molecular weight is 308 g/mol. The first-order chi connectivity index (χ1) is 11.2. The van der Waals surface area contributed by atoms with E-state index in [-0.39, 0.29) is 0 Å². The van der Waals surface area contributed by atoms with Gasteiger partial charge < -0.3 is 9.80 Å². The van der Waals surface area contributed by atoms with Gasteiger partial charge >= 0.3 is 0 Å². The summed E-state index contributed by atoms with van der Waals surface area (Å²) < 4.78 is 0. The Morgan fingerprint density at radius 2 is 1.87 bits per heavy atom. The molecule has 0 unspecified atom stereocenters. The Kier molecular flexibility index (Phi) is 4.38. The van der Waals surface area contributed by atoms with Gasteiger partial charge in [-0.25, -0.2) is 15.0 Å². The fraction of sp³-hybridized carbons (Fsp3) is 0.412. The zero-order valence-electron chi connectivity index (χ0n) is 13.5. The third-order valence-corrected chi connectivity index (χ3v) is 4.24. The molecule has 0 N–H and O–H groups in total. The van der Waals surface area contributed by atoms with E-state index >= 15 is 0 Å². The number of rotatable bonds is 3. The molecule has 1 saturated heterocycles. The van der Waals surface area contributed by atoms with E-state index < -0.39 is 0 Å². The predicted octanol–water partition coefficient (Wildman–Crippen LogP) is 1.94. The van der Waals surface area contributed by atoms with Gasteiger partial charge in [0.25, 0.3) is 0 Å². The number of nitrogens with zero attached hydrogens (tertiary/aromatic N) is 6. The van der Waals surface area contributed by atoms with Crippen LogP contribution in [0, 0.1) is 18.3 Å². The summed E-state index contributed by atoms with van der Waals surface area (Å²) in [4.78, 5) is 17.7. The van der Waals surface area contributed by atoms with Crippen molar-refractivity contribution in [1.29, 1.82) is 5.26 Å². The van der Waals surface area contributed by atoms with Gasteiger partial charge in [-0.1, -0.05) is 13.0 Å². The Balaban J connectivity index is 1.74. The van der Waals surface area contributed by atoms with Gasteiger partial charge in [0.1, 0.15) is 29.7 Å². The van der Waals surface area contributed by atoms with Crippen molar-refractivity contribution in [2.75, 3.05) is 36.0 Å². The van der Waals surface area contributed by atoms with Crippen molar-refractivity contribution < 1.29 is 0 Å². The standard InChI is InChI=1S/C17H20N6/c1-3-15-13(2)19-12-20-17(15)23-9-7-22(8-10-23)16-6-4-5-14(11-18)21-16/h4-6,12H,3,7-10H2,1-2H3. The van der Waals surface area contributed by atoms with Crippen LogP contribution < -0.4 is 9.80 Å². The molecule has 2 aromatic heterocycles. The molecule has 0 saturated carbocycles. The number of nitriles is 1. The molecular formula is C17H20N6. The minimum absolute atomic E-state index is 0.463. The third-order valence-electron chi connectivity index (χ3n) is 4.24. The van der Waals surface area contributed by atoms with Crippen molar-refractivity contribution in [1.82, 2.24) is 15.0 Å². The van der Waals surface area contributed by atoms with Crippen LogP contribution in [0.1, 0.15) is 23.9 Å². The molecule has 3 heterocycles. The molecule has 0 bridgehead atoms. The first kappa shape index (κ1) is 15.2. The fourth-order valence-corrected chi connectivity index (χ4v) is 2.98. The second-order valence-electron chi connectivity index (χ2n) is 5.58. The zero-order chi connectivity index (χ0) is 16.2. The molecule has 6 nitrogen and oxygen atoms in total. The molecule has 2 aromatic rings. The van der Waals surface area contributed by atoms with Crippen LogP contribution in [0.5, 0.6) is 0 Å². The van der Waals surface area contributed by atoms with Crippen molar-refractivity contribution in [2.24, 2.45) is 0 Å². The predicted molar refractivity (Wildman–Crippen MR) is 89.5 cm³/mol. The summed E-state index contributed by atoms with van der Waals surface area (Å²) in [5.41, 5.74) is 2.75. The van der Waals surface area contributed by atoms with Gasteiger partial charge in [-0.05, 0) is 25.5 Å². The van der Waals surface area contributed by atoms with E-state index in [1.807, 2.05) is 19.1 Å². The smallest absolute Gasteiger partial charge is 0.142 e. The van der Waals surface area contributed by atoms with E-state index in [1.165, 1.54) is 5.56 Å². The molecule has 3 rings (SSSR count). The SMILES string of the molecule is CCc1c(C)ncnc1N1CCN(c2cccc(C#N)n2)CC1. The van der Waals surface area contributed by atoms with E-state index in [0.717, 1.165) is 49.9 Å². The van der Waals surface area contributed by atoms with E-state index in [0.29, 0.717) is 5.69 Å². The normalized spacial score (nSPS) is 14.7. The van der Waals surface area contributed by atoms with Gasteiger partial charge in [-0.3, -0.25) is 0 Å². The number of aromatic nitrogens is 3. The lowest BCUT2D eigenvalue weighted by Crippen LogP contribution is -2.47. The first-order valence-corrected chi connectivity index (χ1v) is 7.90. The summed E-state index contributed by atoms with van der Waals surface area (Å²) in [7, 11) is 0. The van der Waals surface area contributed by atoms with Crippen molar-refractivity contribution >= 4 is 11.6 Å². The maximum Gasteiger partial charge on any atom is 0.142 e. The van der Waals surface area contributed by atoms with Crippen LogP contribution in [0.15, 0.2) is 24.5 Å². The summed E-state index contributed by atoms with van der Waals surface area (Å²) in [5, 5.41) is 8.98. The van der Waals surface area contributed by atoms with Gasteiger partial charge in [0.2, 0.25) is 0 Å². The van der Waals surface area contributed by atoms with Crippen molar-refractivity contribution in [3.05, 3.63) is 41.5 Å². The Labute approximate surface area is 136 Å². The monoisotopic (exact) mass is 308 g/mol. The maximum absolute atomic E-state index is 8.98. The lowest BCUT2D eigenvalue weighted by molar-refractivity contribution is 0.637. The number of hydrogen-bond acceptors (Lipinski definition) is 6. The van der Waals surface area contributed by atoms with E-state index in [2.05, 4.69) is 37.7 Å². The van der Waals surface area contributed by atoms with Gasteiger partial charge in [-0.2, -0.15) is 5.26 Å². The highest BCUT2D eigenvalue weighted by molar-refractivity contribution is 5.51. The largest absolute Gasteiger partial charge is 0.353 e. The summed E-state index contributed by atoms with van der Waals surface area (Å²) in [5.74, 6) is 1.93. The van der Waals surface area contributed by atoms with Crippen molar-refractivity contribution in [3.63, 3.8) is 0 Å². The van der Waals surface area contributed by atoms with E-state index in [1.54, 1.807) is 12.4 Å². The second-order valence-corrected chi connectivity index (χ2v) is 5.58. The van der Waals surface area contributed by atoms with Crippen molar-refractivity contribution in [2.45, 2.75) is 20.3 Å². The number of aryl methyl sites for hydroxylation is 1. The molecule has 0 atom stereocenters. The van der Waals surface area contributed by atoms with Gasteiger partial charge in [0.05, 0.1) is 0 Å². The topological polar surface area (TPSA) is 68.9 Å². The Morgan fingerprint density at radius 3 is 2.57 bits per heavy atom. The van der Waals surface area contributed by atoms with E-state index in [9.17, 15) is 0 Å². The Morgan fingerprint density at radius 1 is 1.13 bits per heavy atom. The fourth-order valence-electron chi connectivity index (χ4n) is 2.98. The van der Waals surface area contributed by atoms with Crippen LogP contribution in [-0.2, 0) is 6.42 Å². The summed E-state index contributed by atoms with van der Waals surface area (Å²) in [6, 6.07) is 7.68.